The number of anilines is 1. The van der Waals surface area contributed by atoms with Crippen LogP contribution in [0, 0.1) is 0 Å². The molecule has 1 unspecified atom stereocenters. The number of thioether (sulfide) groups is 1. The topological polar surface area (TPSA) is 63.2 Å². The average Bonchev–Trinajstić information content (AvgIpc) is 2.72. The minimum atomic E-state index is -0.0356. The van der Waals surface area contributed by atoms with Crippen molar-refractivity contribution >= 4 is 50.9 Å². The smallest absolute Gasteiger partial charge is 0.230 e. The van der Waals surface area contributed by atoms with Crippen LogP contribution in [0.2, 0.25) is 4.47 Å². The highest BCUT2D eigenvalue weighted by atomic mass is 35.5. The Kier molecular flexibility index (Phi) is 3.46. The molecule has 0 aliphatic carbocycles. The molecule has 1 aromatic heterocycles. The molecule has 1 saturated heterocycles. The maximum absolute atomic E-state index is 11.7. The van der Waals surface area contributed by atoms with Gasteiger partial charge in [0.1, 0.15) is 0 Å². The van der Waals surface area contributed by atoms with E-state index in [2.05, 4.69) is 10.2 Å². The van der Waals surface area contributed by atoms with Gasteiger partial charge in [0, 0.05) is 25.1 Å². The van der Waals surface area contributed by atoms with Gasteiger partial charge in [-0.05, 0) is 11.6 Å². The number of rotatable bonds is 2. The van der Waals surface area contributed by atoms with E-state index in [0.717, 1.165) is 11.3 Å². The minimum Gasteiger partial charge on any atom is -0.288 e. The van der Waals surface area contributed by atoms with Gasteiger partial charge in [0.05, 0.1) is 0 Å². The van der Waals surface area contributed by atoms with Crippen molar-refractivity contribution in [1.29, 1.82) is 0 Å². The zero-order chi connectivity index (χ0) is 11.7. The maximum atomic E-state index is 11.7. The molecule has 1 aromatic rings. The number of halogens is 1. The van der Waals surface area contributed by atoms with Gasteiger partial charge in [0.2, 0.25) is 15.5 Å². The Bertz CT molecular complexity index is 437. The van der Waals surface area contributed by atoms with Gasteiger partial charge in [-0.25, -0.2) is 0 Å². The van der Waals surface area contributed by atoms with Crippen LogP contribution in [-0.4, -0.2) is 33.0 Å². The highest BCUT2D eigenvalue weighted by Gasteiger charge is 2.33. The minimum absolute atomic E-state index is 0.00711. The van der Waals surface area contributed by atoms with Crippen LogP contribution >= 0.6 is 34.7 Å². The summed E-state index contributed by atoms with van der Waals surface area (Å²) >= 11 is 8.01. The summed E-state index contributed by atoms with van der Waals surface area (Å²) < 4.78 is 0.311. The second-order valence-corrected chi connectivity index (χ2v) is 6.29. The Morgan fingerprint density at radius 1 is 1.62 bits per heavy atom. The van der Waals surface area contributed by atoms with Crippen molar-refractivity contribution in [3.05, 3.63) is 4.47 Å². The van der Waals surface area contributed by atoms with E-state index in [4.69, 9.17) is 11.6 Å². The Balaban J connectivity index is 2.08. The zero-order valence-electron chi connectivity index (χ0n) is 8.34. The van der Waals surface area contributed by atoms with E-state index < -0.39 is 0 Å². The first-order valence-electron chi connectivity index (χ1n) is 4.53. The first kappa shape index (κ1) is 11.8. The van der Waals surface area contributed by atoms with Crippen LogP contribution in [0.15, 0.2) is 0 Å². The maximum Gasteiger partial charge on any atom is 0.230 e. The summed E-state index contributed by atoms with van der Waals surface area (Å²) in [6.07, 6.45) is 0.363. The fourth-order valence-corrected chi connectivity index (χ4v) is 3.24. The lowest BCUT2D eigenvalue weighted by atomic mass is 10.4. The highest BCUT2D eigenvalue weighted by molar-refractivity contribution is 8.14. The quantitative estimate of drug-likeness (QED) is 0.821. The van der Waals surface area contributed by atoms with Crippen molar-refractivity contribution in [1.82, 2.24) is 10.2 Å². The Morgan fingerprint density at radius 3 is 2.94 bits per heavy atom. The Hall–Kier alpha value is -0.660. The number of carbonyl (C=O) groups excluding carboxylic acids is 2. The van der Waals surface area contributed by atoms with Gasteiger partial charge in [0.15, 0.2) is 5.12 Å². The molecule has 1 atom stereocenters. The molecule has 0 saturated carbocycles. The summed E-state index contributed by atoms with van der Waals surface area (Å²) in [5.41, 5.74) is 0. The third-order valence-corrected chi connectivity index (χ3v) is 4.07. The number of aromatic nitrogens is 2. The molecule has 5 nitrogen and oxygen atoms in total. The van der Waals surface area contributed by atoms with E-state index in [9.17, 15) is 9.59 Å². The molecule has 0 N–H and O–H groups in total. The second-order valence-electron chi connectivity index (χ2n) is 3.28. The molecular weight excluding hydrogens is 270 g/mol. The lowest BCUT2D eigenvalue weighted by Gasteiger charge is -2.10. The standard InChI is InChI=1S/C8H8ClN3O2S2/c1-4(13)15-5-2-6(14)12(3-5)8-11-10-7(9)16-8/h5H,2-3H2,1H3. The number of hydrogen-bond acceptors (Lipinski definition) is 6. The molecule has 0 bridgehead atoms. The summed E-state index contributed by atoms with van der Waals surface area (Å²) in [7, 11) is 0. The van der Waals surface area contributed by atoms with Crippen LogP contribution < -0.4 is 4.90 Å². The molecule has 0 spiro atoms. The van der Waals surface area contributed by atoms with Gasteiger partial charge in [-0.1, -0.05) is 23.1 Å². The lowest BCUT2D eigenvalue weighted by molar-refractivity contribution is -0.117. The molecule has 86 valence electrons. The van der Waals surface area contributed by atoms with E-state index in [1.54, 1.807) is 0 Å². The molecule has 0 radical (unpaired) electrons. The largest absolute Gasteiger partial charge is 0.288 e. The summed E-state index contributed by atoms with van der Waals surface area (Å²) in [5.74, 6) is -0.0356. The van der Waals surface area contributed by atoms with E-state index in [1.165, 1.54) is 23.6 Å². The first-order valence-corrected chi connectivity index (χ1v) is 6.60. The normalized spacial score (nSPS) is 20.5. The van der Waals surface area contributed by atoms with Crippen LogP contribution in [0.25, 0.3) is 0 Å². The van der Waals surface area contributed by atoms with E-state index in [0.29, 0.717) is 22.6 Å². The van der Waals surface area contributed by atoms with Crippen LogP contribution in [0.1, 0.15) is 13.3 Å². The Morgan fingerprint density at radius 2 is 2.38 bits per heavy atom. The predicted octanol–water partition coefficient (Wildman–Crippen LogP) is 1.58. The van der Waals surface area contributed by atoms with Gasteiger partial charge in [0.25, 0.3) is 0 Å². The molecular formula is C8H8ClN3O2S2. The third-order valence-electron chi connectivity index (χ3n) is 2.04. The summed E-state index contributed by atoms with van der Waals surface area (Å²) in [5, 5.41) is 7.99. The van der Waals surface area contributed by atoms with Crippen molar-refractivity contribution in [3.63, 3.8) is 0 Å². The Labute approximate surface area is 105 Å². The second kappa shape index (κ2) is 4.68. The van der Waals surface area contributed by atoms with Crippen molar-refractivity contribution < 1.29 is 9.59 Å². The third kappa shape index (κ3) is 2.53. The van der Waals surface area contributed by atoms with Gasteiger partial charge < -0.3 is 0 Å². The fourth-order valence-electron chi connectivity index (χ4n) is 1.48. The number of nitrogens with zero attached hydrogens (tertiary/aromatic N) is 3. The molecule has 16 heavy (non-hydrogen) atoms. The molecule has 2 rings (SSSR count). The summed E-state index contributed by atoms with van der Waals surface area (Å²) in [4.78, 5) is 24.1. The van der Waals surface area contributed by atoms with Gasteiger partial charge in [-0.2, -0.15) is 0 Å². The molecule has 1 fully saturated rings. The van der Waals surface area contributed by atoms with Gasteiger partial charge >= 0.3 is 0 Å². The molecule has 8 heteroatoms. The van der Waals surface area contributed by atoms with E-state index in [1.807, 2.05) is 0 Å². The number of hydrogen-bond donors (Lipinski definition) is 0. The molecule has 2 heterocycles. The van der Waals surface area contributed by atoms with Crippen LogP contribution in [0.4, 0.5) is 5.13 Å². The monoisotopic (exact) mass is 277 g/mol. The number of amides is 1. The van der Waals surface area contributed by atoms with Crippen molar-refractivity contribution in [2.75, 3.05) is 11.4 Å². The highest BCUT2D eigenvalue weighted by Crippen LogP contribution is 2.31. The van der Waals surface area contributed by atoms with Crippen LogP contribution in [0.3, 0.4) is 0 Å². The van der Waals surface area contributed by atoms with Crippen molar-refractivity contribution in [3.8, 4) is 0 Å². The first-order chi connectivity index (χ1) is 7.56. The predicted molar refractivity (Wildman–Crippen MR) is 63.9 cm³/mol. The lowest BCUT2D eigenvalue weighted by Crippen LogP contribution is -2.24. The van der Waals surface area contributed by atoms with Gasteiger partial charge in [-0.3, -0.25) is 14.5 Å². The molecule has 1 amide bonds. The van der Waals surface area contributed by atoms with E-state index in [-0.39, 0.29) is 16.3 Å². The number of carbonyl (C=O) groups is 2. The SMILES string of the molecule is CC(=O)SC1CC(=O)N(c2nnc(Cl)s2)C1. The molecule has 1 aliphatic rings. The van der Waals surface area contributed by atoms with E-state index >= 15 is 0 Å². The fraction of sp³-hybridized carbons (Fsp3) is 0.500. The van der Waals surface area contributed by atoms with Crippen LogP contribution in [-0.2, 0) is 9.59 Å². The van der Waals surface area contributed by atoms with Crippen molar-refractivity contribution in [2.45, 2.75) is 18.6 Å². The zero-order valence-corrected chi connectivity index (χ0v) is 10.7. The van der Waals surface area contributed by atoms with Crippen molar-refractivity contribution in [2.24, 2.45) is 0 Å². The van der Waals surface area contributed by atoms with Crippen LogP contribution in [0.5, 0.6) is 0 Å². The molecule has 0 aromatic carbocycles. The average molecular weight is 278 g/mol. The van der Waals surface area contributed by atoms with Gasteiger partial charge in [-0.15, -0.1) is 10.2 Å². The summed E-state index contributed by atoms with van der Waals surface area (Å²) in [6.45, 7) is 1.99. The summed E-state index contributed by atoms with van der Waals surface area (Å²) in [6, 6.07) is 0. The molecule has 1 aliphatic heterocycles.